The van der Waals surface area contributed by atoms with Gasteiger partial charge in [-0.1, -0.05) is 97.6 Å². The van der Waals surface area contributed by atoms with Crippen molar-refractivity contribution in [3.05, 3.63) is 105 Å². The fourth-order valence-corrected chi connectivity index (χ4v) is 5.23. The van der Waals surface area contributed by atoms with Crippen molar-refractivity contribution in [2.75, 3.05) is 0 Å². The van der Waals surface area contributed by atoms with E-state index in [1.807, 2.05) is 0 Å². The highest BCUT2D eigenvalue weighted by Gasteiger charge is 2.25. The number of benzene rings is 3. The normalized spacial score (nSPS) is 11.2. The topological polar surface area (TPSA) is 0 Å². The van der Waals surface area contributed by atoms with E-state index in [-0.39, 0.29) is 5.92 Å². The number of alkyl halides is 2. The summed E-state index contributed by atoms with van der Waals surface area (Å²) in [4.78, 5) is 0. The molecule has 0 aliphatic heterocycles. The molecule has 3 aromatic rings. The predicted molar refractivity (Wildman–Crippen MR) is 124 cm³/mol. The second kappa shape index (κ2) is 8.75. The summed E-state index contributed by atoms with van der Waals surface area (Å²) in [5, 5.41) is 1.73. The van der Waals surface area contributed by atoms with Crippen molar-refractivity contribution < 1.29 is 0 Å². The molecule has 3 aromatic carbocycles. The molecule has 3 rings (SSSR count). The van der Waals surface area contributed by atoms with Crippen molar-refractivity contribution >= 4 is 31.9 Å². The van der Waals surface area contributed by atoms with Crippen molar-refractivity contribution in [2.24, 2.45) is 0 Å². The number of hydrogen-bond donors (Lipinski definition) is 0. The minimum atomic E-state index is 0.229. The van der Waals surface area contributed by atoms with E-state index in [1.54, 1.807) is 0 Å². The lowest BCUT2D eigenvalue weighted by Gasteiger charge is -2.28. The number of hydrogen-bond acceptors (Lipinski definition) is 0. The van der Waals surface area contributed by atoms with Crippen LogP contribution in [0.4, 0.5) is 0 Å². The van der Waals surface area contributed by atoms with Gasteiger partial charge in [0.05, 0.1) is 0 Å². The van der Waals surface area contributed by atoms with Crippen molar-refractivity contribution in [2.45, 2.75) is 44.3 Å². The third-order valence-electron chi connectivity index (χ3n) is 5.23. The van der Waals surface area contributed by atoms with Crippen LogP contribution < -0.4 is 0 Å². The molecule has 0 aliphatic rings. The average molecular weight is 486 g/mol. The van der Waals surface area contributed by atoms with Gasteiger partial charge in [0.2, 0.25) is 0 Å². The molecular formula is C25H26Br2. The van der Waals surface area contributed by atoms with E-state index < -0.39 is 0 Å². The number of halogens is 2. The Bertz CT molecular complexity index is 883. The lowest BCUT2D eigenvalue weighted by Crippen LogP contribution is -2.12. The Hall–Kier alpha value is -1.38. The molecule has 0 aliphatic carbocycles. The van der Waals surface area contributed by atoms with Crippen LogP contribution in [0.1, 0.15) is 56.0 Å². The largest absolute Gasteiger partial charge is 0.0876 e. The standard InChI is InChI=1S/C25H26Br2/c1-16-10-18(3)23(21(12-16)14-26)25(20-8-6-5-7-9-20)24-19(4)11-17(2)13-22(24)15-27/h5-13,25H,14-15H2,1-4H3. The van der Waals surface area contributed by atoms with Crippen LogP contribution in [0.15, 0.2) is 54.6 Å². The maximum Gasteiger partial charge on any atom is 0.0351 e. The summed E-state index contributed by atoms with van der Waals surface area (Å²) in [7, 11) is 0. The minimum Gasteiger partial charge on any atom is -0.0876 e. The van der Waals surface area contributed by atoms with Gasteiger partial charge in [0.25, 0.3) is 0 Å². The Kier molecular flexibility index (Phi) is 6.60. The summed E-state index contributed by atoms with van der Waals surface area (Å²) in [6.07, 6.45) is 0. The van der Waals surface area contributed by atoms with Crippen LogP contribution in [0.3, 0.4) is 0 Å². The van der Waals surface area contributed by atoms with E-state index in [0.29, 0.717) is 0 Å². The number of rotatable bonds is 5. The summed E-state index contributed by atoms with van der Waals surface area (Å²) >= 11 is 7.49. The molecule has 0 atom stereocenters. The highest BCUT2D eigenvalue weighted by atomic mass is 79.9. The van der Waals surface area contributed by atoms with Crippen molar-refractivity contribution in [3.8, 4) is 0 Å². The Labute approximate surface area is 180 Å². The lowest BCUT2D eigenvalue weighted by atomic mass is 9.77. The van der Waals surface area contributed by atoms with E-state index in [2.05, 4.69) is 114 Å². The Morgan fingerprint density at radius 1 is 0.667 bits per heavy atom. The van der Waals surface area contributed by atoms with Gasteiger partial charge in [0.1, 0.15) is 0 Å². The van der Waals surface area contributed by atoms with Crippen LogP contribution in [0.5, 0.6) is 0 Å². The molecule has 0 spiro atoms. The van der Waals surface area contributed by atoms with Crippen LogP contribution in [0, 0.1) is 27.7 Å². The first-order valence-corrected chi connectivity index (χ1v) is 11.6. The Morgan fingerprint density at radius 3 is 1.52 bits per heavy atom. The third kappa shape index (κ3) is 4.22. The Morgan fingerprint density at radius 2 is 1.11 bits per heavy atom. The van der Waals surface area contributed by atoms with E-state index in [1.165, 1.54) is 50.1 Å². The van der Waals surface area contributed by atoms with Crippen LogP contribution in [0.2, 0.25) is 0 Å². The molecule has 0 amide bonds. The van der Waals surface area contributed by atoms with E-state index in [0.717, 1.165) is 10.7 Å². The maximum atomic E-state index is 3.75. The third-order valence-corrected chi connectivity index (χ3v) is 6.44. The molecule has 140 valence electrons. The van der Waals surface area contributed by atoms with Gasteiger partial charge in [-0.25, -0.2) is 0 Å². The molecule has 0 saturated heterocycles. The van der Waals surface area contributed by atoms with E-state index in [4.69, 9.17) is 0 Å². The van der Waals surface area contributed by atoms with Crippen LogP contribution >= 0.6 is 31.9 Å². The summed E-state index contributed by atoms with van der Waals surface area (Å²) in [6, 6.07) is 20.2. The van der Waals surface area contributed by atoms with Gasteiger partial charge >= 0.3 is 0 Å². The van der Waals surface area contributed by atoms with Crippen LogP contribution in [0.25, 0.3) is 0 Å². The van der Waals surface area contributed by atoms with E-state index in [9.17, 15) is 0 Å². The van der Waals surface area contributed by atoms with Crippen molar-refractivity contribution in [3.63, 3.8) is 0 Å². The molecule has 0 heterocycles. The molecule has 0 bridgehead atoms. The monoisotopic (exact) mass is 484 g/mol. The molecule has 27 heavy (non-hydrogen) atoms. The fraction of sp³-hybridized carbons (Fsp3) is 0.280. The summed E-state index contributed by atoms with van der Waals surface area (Å²) in [6.45, 7) is 8.87. The zero-order chi connectivity index (χ0) is 19.6. The zero-order valence-electron chi connectivity index (χ0n) is 16.4. The smallest absolute Gasteiger partial charge is 0.0351 e. The second-order valence-electron chi connectivity index (χ2n) is 7.42. The quantitative estimate of drug-likeness (QED) is 0.254. The van der Waals surface area contributed by atoms with Crippen molar-refractivity contribution in [1.29, 1.82) is 0 Å². The second-order valence-corrected chi connectivity index (χ2v) is 8.54. The average Bonchev–Trinajstić information content (AvgIpc) is 2.64. The highest BCUT2D eigenvalue weighted by molar-refractivity contribution is 9.08. The van der Waals surface area contributed by atoms with Gasteiger partial charge in [-0.15, -0.1) is 0 Å². The molecule has 0 N–H and O–H groups in total. The van der Waals surface area contributed by atoms with E-state index >= 15 is 0 Å². The van der Waals surface area contributed by atoms with Gasteiger partial charge in [0, 0.05) is 16.6 Å². The molecule has 0 nitrogen and oxygen atoms in total. The molecule has 0 saturated carbocycles. The first-order valence-electron chi connectivity index (χ1n) is 9.33. The summed E-state index contributed by atoms with van der Waals surface area (Å²) < 4.78 is 0. The number of aryl methyl sites for hydroxylation is 4. The SMILES string of the molecule is Cc1cc(C)c(C(c2ccccc2)c2c(C)cc(C)cc2CBr)c(CBr)c1. The minimum absolute atomic E-state index is 0.229. The first-order chi connectivity index (χ1) is 13.0. The zero-order valence-corrected chi connectivity index (χ0v) is 19.6. The molecule has 0 aromatic heterocycles. The predicted octanol–water partition coefficient (Wildman–Crippen LogP) is 7.89. The molecule has 0 radical (unpaired) electrons. The first kappa shape index (κ1) is 20.4. The molecule has 0 unspecified atom stereocenters. The summed E-state index contributed by atoms with van der Waals surface area (Å²) in [5.74, 6) is 0.229. The van der Waals surface area contributed by atoms with Gasteiger partial charge in [-0.2, -0.15) is 0 Å². The van der Waals surface area contributed by atoms with Crippen LogP contribution in [-0.2, 0) is 10.7 Å². The highest BCUT2D eigenvalue weighted by Crippen LogP contribution is 2.41. The fourth-order valence-electron chi connectivity index (χ4n) is 4.30. The molecule has 2 heteroatoms. The molecular weight excluding hydrogens is 460 g/mol. The van der Waals surface area contributed by atoms with Crippen LogP contribution in [-0.4, -0.2) is 0 Å². The van der Waals surface area contributed by atoms with Gasteiger partial charge < -0.3 is 0 Å². The van der Waals surface area contributed by atoms with Crippen molar-refractivity contribution in [1.82, 2.24) is 0 Å². The van der Waals surface area contributed by atoms with Gasteiger partial charge in [0.15, 0.2) is 0 Å². The summed E-state index contributed by atoms with van der Waals surface area (Å²) in [5.41, 5.74) is 12.3. The lowest BCUT2D eigenvalue weighted by molar-refractivity contribution is 0.916. The Balaban J connectivity index is 2.38. The van der Waals surface area contributed by atoms with Gasteiger partial charge in [-0.05, 0) is 66.6 Å². The van der Waals surface area contributed by atoms with Gasteiger partial charge in [-0.3, -0.25) is 0 Å². The molecule has 0 fully saturated rings. The maximum absolute atomic E-state index is 3.75.